The summed E-state index contributed by atoms with van der Waals surface area (Å²) in [5, 5.41) is 3.17. The number of hydrogen-bond donors (Lipinski definition) is 2. The number of halogens is 1. The number of carbonyl (C=O) groups excluding carboxylic acids is 1. The van der Waals surface area contributed by atoms with Crippen molar-refractivity contribution in [2.24, 2.45) is 11.8 Å². The Kier molecular flexibility index (Phi) is 4.77. The number of hydrogen-bond acceptors (Lipinski definition) is 2. The standard InChI is InChI=1S/C14H20ClN3O/c1-10-6-11(2)8-18(7-10)9-13(19)17-12-4-3-5-16-14(12)15/h3-5,10-11H,6-9H2,1-2H3,(H,17,19)/p+1/t10-,11-/m0/s1. The van der Waals surface area contributed by atoms with Crippen molar-refractivity contribution >= 4 is 23.2 Å². The smallest absolute Gasteiger partial charge is 0.279 e. The van der Waals surface area contributed by atoms with Gasteiger partial charge in [-0.2, -0.15) is 0 Å². The van der Waals surface area contributed by atoms with Gasteiger partial charge in [0, 0.05) is 18.0 Å². The molecule has 1 saturated heterocycles. The molecular weight excluding hydrogens is 262 g/mol. The molecule has 0 radical (unpaired) electrons. The molecule has 1 aliphatic rings. The van der Waals surface area contributed by atoms with Gasteiger partial charge in [-0.1, -0.05) is 25.4 Å². The molecule has 1 aliphatic heterocycles. The number of nitrogens with zero attached hydrogens (tertiary/aromatic N) is 1. The second-order valence-electron chi connectivity index (χ2n) is 5.67. The molecule has 0 spiro atoms. The van der Waals surface area contributed by atoms with Gasteiger partial charge in [0.1, 0.15) is 0 Å². The first-order valence-electron chi connectivity index (χ1n) is 6.78. The van der Waals surface area contributed by atoms with Crippen LogP contribution in [0, 0.1) is 11.8 Å². The van der Waals surface area contributed by atoms with Crippen LogP contribution in [-0.2, 0) is 4.79 Å². The molecule has 2 rings (SSSR count). The van der Waals surface area contributed by atoms with E-state index in [0.717, 1.165) is 13.1 Å². The zero-order valence-corrected chi connectivity index (χ0v) is 12.2. The SMILES string of the molecule is C[C@H]1C[C@H](C)C[NH+](CC(=O)Nc2cccnc2Cl)C1. The van der Waals surface area contributed by atoms with Gasteiger partial charge in [-0.05, 0) is 18.6 Å². The number of anilines is 1. The third-order valence-electron chi connectivity index (χ3n) is 3.52. The molecule has 4 nitrogen and oxygen atoms in total. The highest BCUT2D eigenvalue weighted by Gasteiger charge is 2.26. The summed E-state index contributed by atoms with van der Waals surface area (Å²) in [6.45, 7) is 7.15. The topological polar surface area (TPSA) is 46.4 Å². The van der Waals surface area contributed by atoms with Crippen molar-refractivity contribution in [3.8, 4) is 0 Å². The molecule has 1 amide bonds. The van der Waals surface area contributed by atoms with E-state index >= 15 is 0 Å². The van der Waals surface area contributed by atoms with Crippen molar-refractivity contribution in [3.05, 3.63) is 23.5 Å². The highest BCUT2D eigenvalue weighted by Crippen LogP contribution is 2.17. The van der Waals surface area contributed by atoms with E-state index < -0.39 is 0 Å². The molecule has 0 aromatic carbocycles. The number of amides is 1. The molecule has 104 valence electrons. The average Bonchev–Trinajstić information content (AvgIpc) is 2.30. The van der Waals surface area contributed by atoms with Gasteiger partial charge in [0.15, 0.2) is 11.7 Å². The zero-order chi connectivity index (χ0) is 13.8. The number of piperidine rings is 1. The minimum Gasteiger partial charge on any atom is -0.327 e. The molecule has 1 aromatic heterocycles. The van der Waals surface area contributed by atoms with Gasteiger partial charge in [-0.15, -0.1) is 0 Å². The van der Waals surface area contributed by atoms with Crippen molar-refractivity contribution in [2.75, 3.05) is 25.0 Å². The van der Waals surface area contributed by atoms with E-state index in [4.69, 9.17) is 11.6 Å². The Balaban J connectivity index is 1.89. The summed E-state index contributed by atoms with van der Waals surface area (Å²) in [7, 11) is 0. The van der Waals surface area contributed by atoms with Gasteiger partial charge in [-0.3, -0.25) is 4.79 Å². The molecule has 2 heterocycles. The summed E-state index contributed by atoms with van der Waals surface area (Å²) in [5.74, 6) is 1.38. The molecule has 1 fully saturated rings. The molecule has 0 aliphatic carbocycles. The lowest BCUT2D eigenvalue weighted by molar-refractivity contribution is -0.904. The average molecular weight is 283 g/mol. The Morgan fingerprint density at radius 1 is 1.47 bits per heavy atom. The predicted octanol–water partition coefficient (Wildman–Crippen LogP) is 1.23. The predicted molar refractivity (Wildman–Crippen MR) is 76.4 cm³/mol. The van der Waals surface area contributed by atoms with Crippen molar-refractivity contribution in [3.63, 3.8) is 0 Å². The quantitative estimate of drug-likeness (QED) is 0.820. The summed E-state index contributed by atoms with van der Waals surface area (Å²) < 4.78 is 0. The van der Waals surface area contributed by atoms with Crippen LogP contribution in [0.3, 0.4) is 0 Å². The number of aromatic nitrogens is 1. The number of rotatable bonds is 3. The van der Waals surface area contributed by atoms with Crippen molar-refractivity contribution in [1.82, 2.24) is 4.98 Å². The number of carbonyl (C=O) groups is 1. The highest BCUT2D eigenvalue weighted by molar-refractivity contribution is 6.32. The fourth-order valence-electron chi connectivity index (χ4n) is 2.97. The van der Waals surface area contributed by atoms with Gasteiger partial charge in [0.05, 0.1) is 18.8 Å². The van der Waals surface area contributed by atoms with Crippen molar-refractivity contribution in [1.29, 1.82) is 0 Å². The van der Waals surface area contributed by atoms with Gasteiger partial charge in [0.2, 0.25) is 0 Å². The van der Waals surface area contributed by atoms with E-state index in [2.05, 4.69) is 24.1 Å². The van der Waals surface area contributed by atoms with Crippen LogP contribution >= 0.6 is 11.6 Å². The van der Waals surface area contributed by atoms with Crippen LogP contribution in [-0.4, -0.2) is 30.5 Å². The second kappa shape index (κ2) is 6.35. The first kappa shape index (κ1) is 14.3. The molecular formula is C14H21ClN3O+. The largest absolute Gasteiger partial charge is 0.327 e. The monoisotopic (exact) mass is 282 g/mol. The second-order valence-corrected chi connectivity index (χ2v) is 6.03. The fraction of sp³-hybridized carbons (Fsp3) is 0.571. The summed E-state index contributed by atoms with van der Waals surface area (Å²) in [6.07, 6.45) is 2.87. The molecule has 5 heteroatoms. The van der Waals surface area contributed by atoms with Crippen LogP contribution in [0.4, 0.5) is 5.69 Å². The van der Waals surface area contributed by atoms with E-state index in [9.17, 15) is 4.79 Å². The lowest BCUT2D eigenvalue weighted by Gasteiger charge is -2.31. The Morgan fingerprint density at radius 2 is 2.16 bits per heavy atom. The molecule has 2 atom stereocenters. The first-order chi connectivity index (χ1) is 9.04. The van der Waals surface area contributed by atoms with E-state index in [1.807, 2.05) is 0 Å². The van der Waals surface area contributed by atoms with E-state index in [1.54, 1.807) is 18.3 Å². The van der Waals surface area contributed by atoms with Gasteiger partial charge < -0.3 is 10.2 Å². The van der Waals surface area contributed by atoms with Gasteiger partial charge >= 0.3 is 0 Å². The van der Waals surface area contributed by atoms with E-state index in [1.165, 1.54) is 11.3 Å². The fourth-order valence-corrected chi connectivity index (χ4v) is 3.13. The van der Waals surface area contributed by atoms with Crippen LogP contribution in [0.2, 0.25) is 5.15 Å². The third kappa shape index (κ3) is 4.18. The van der Waals surface area contributed by atoms with Crippen LogP contribution < -0.4 is 10.2 Å². The molecule has 1 aromatic rings. The van der Waals surface area contributed by atoms with Crippen molar-refractivity contribution in [2.45, 2.75) is 20.3 Å². The normalized spacial score (nSPS) is 27.0. The van der Waals surface area contributed by atoms with E-state index in [-0.39, 0.29) is 5.91 Å². The maximum absolute atomic E-state index is 12.0. The molecule has 0 bridgehead atoms. The number of pyridine rings is 1. The summed E-state index contributed by atoms with van der Waals surface area (Å²) in [6, 6.07) is 3.53. The Hall–Kier alpha value is -1.13. The Morgan fingerprint density at radius 3 is 2.79 bits per heavy atom. The lowest BCUT2D eigenvalue weighted by Crippen LogP contribution is -3.15. The molecule has 0 saturated carbocycles. The molecule has 2 N–H and O–H groups in total. The Bertz CT molecular complexity index is 442. The maximum Gasteiger partial charge on any atom is 0.279 e. The van der Waals surface area contributed by atoms with Gasteiger partial charge in [0.25, 0.3) is 5.91 Å². The number of likely N-dealkylation sites (tertiary alicyclic amines) is 1. The highest BCUT2D eigenvalue weighted by atomic mass is 35.5. The summed E-state index contributed by atoms with van der Waals surface area (Å²) in [5.41, 5.74) is 0.590. The third-order valence-corrected chi connectivity index (χ3v) is 3.82. The molecule has 19 heavy (non-hydrogen) atoms. The first-order valence-corrected chi connectivity index (χ1v) is 7.16. The van der Waals surface area contributed by atoms with Crippen LogP contribution in [0.1, 0.15) is 20.3 Å². The minimum absolute atomic E-state index is 0.00574. The molecule has 0 unspecified atom stereocenters. The summed E-state index contributed by atoms with van der Waals surface area (Å²) >= 11 is 5.92. The maximum atomic E-state index is 12.0. The van der Waals surface area contributed by atoms with Gasteiger partial charge in [-0.25, -0.2) is 4.98 Å². The number of nitrogens with one attached hydrogen (secondary N) is 2. The van der Waals surface area contributed by atoms with Crippen LogP contribution in [0.15, 0.2) is 18.3 Å². The minimum atomic E-state index is 0.00574. The number of quaternary nitrogens is 1. The van der Waals surface area contributed by atoms with E-state index in [0.29, 0.717) is 29.2 Å². The Labute approximate surface area is 119 Å². The summed E-state index contributed by atoms with van der Waals surface area (Å²) in [4.78, 5) is 17.3. The lowest BCUT2D eigenvalue weighted by atomic mass is 9.92. The van der Waals surface area contributed by atoms with Crippen LogP contribution in [0.25, 0.3) is 0 Å². The van der Waals surface area contributed by atoms with Crippen molar-refractivity contribution < 1.29 is 9.69 Å². The zero-order valence-electron chi connectivity index (χ0n) is 11.4. The van der Waals surface area contributed by atoms with Crippen LogP contribution in [0.5, 0.6) is 0 Å².